The molecule has 0 heterocycles. The van der Waals surface area contributed by atoms with Crippen molar-refractivity contribution in [1.29, 1.82) is 0 Å². The second kappa shape index (κ2) is 3.84. The average Bonchev–Trinajstić information content (AvgIpc) is 1.91. The van der Waals surface area contributed by atoms with Crippen LogP contribution in [0.5, 0.6) is 0 Å². The van der Waals surface area contributed by atoms with Crippen molar-refractivity contribution in [3.05, 3.63) is 30.3 Å². The van der Waals surface area contributed by atoms with E-state index >= 15 is 0 Å². The van der Waals surface area contributed by atoms with Crippen LogP contribution in [-0.2, 0) is 4.08 Å². The summed E-state index contributed by atoms with van der Waals surface area (Å²) >= 11 is 5.10. The summed E-state index contributed by atoms with van der Waals surface area (Å²) in [5, 5.41) is 1.23. The summed E-state index contributed by atoms with van der Waals surface area (Å²) in [5.41, 5.74) is 0. The fourth-order valence-electron chi connectivity index (χ4n) is 0.637. The van der Waals surface area contributed by atoms with Gasteiger partial charge in [0.2, 0.25) is 0 Å². The van der Waals surface area contributed by atoms with Crippen molar-refractivity contribution in [2.24, 2.45) is 0 Å². The van der Waals surface area contributed by atoms with Crippen molar-refractivity contribution in [3.63, 3.8) is 0 Å². The van der Waals surface area contributed by atoms with E-state index in [2.05, 4.69) is 4.08 Å². The zero-order chi connectivity index (χ0) is 6.53. The quantitative estimate of drug-likeness (QED) is 0.600. The molecular formula is C6H8ClOP. The molecule has 0 radical (unpaired) electrons. The van der Waals surface area contributed by atoms with E-state index in [0.717, 1.165) is 0 Å². The van der Waals surface area contributed by atoms with Gasteiger partial charge in [0.25, 0.3) is 0 Å². The van der Waals surface area contributed by atoms with Gasteiger partial charge in [-0.25, -0.2) is 0 Å². The Bertz CT molecular complexity index is 166. The third-order valence-electron chi connectivity index (χ3n) is 1.06. The summed E-state index contributed by atoms with van der Waals surface area (Å²) in [6.45, 7) is 0. The van der Waals surface area contributed by atoms with Gasteiger partial charge in [-0.3, -0.25) is 0 Å². The zero-order valence-corrected chi connectivity index (χ0v) is 7.05. The molecule has 1 nitrogen and oxygen atoms in total. The van der Waals surface area contributed by atoms with Crippen LogP contribution < -0.4 is 5.30 Å². The molecule has 0 saturated heterocycles. The van der Waals surface area contributed by atoms with Crippen molar-refractivity contribution in [2.45, 2.75) is 0 Å². The van der Waals surface area contributed by atoms with Crippen LogP contribution in [0.4, 0.5) is 0 Å². The Labute approximate surface area is 61.0 Å². The van der Waals surface area contributed by atoms with E-state index in [4.69, 9.17) is 11.9 Å². The molecule has 0 aromatic heterocycles. The maximum absolute atomic E-state index is 5.10. The molecule has 0 unspecified atom stereocenters. The van der Waals surface area contributed by atoms with Crippen molar-refractivity contribution in [3.8, 4) is 0 Å². The van der Waals surface area contributed by atoms with Crippen LogP contribution in [0.2, 0.25) is 0 Å². The van der Waals surface area contributed by atoms with Crippen molar-refractivity contribution >= 4 is 26.0 Å². The van der Waals surface area contributed by atoms with Gasteiger partial charge < -0.3 is 0 Å². The molecule has 0 aliphatic heterocycles. The summed E-state index contributed by atoms with van der Waals surface area (Å²) < 4.78 is 4.54. The number of hydrogen-bond acceptors (Lipinski definition) is 1. The molecule has 0 fully saturated rings. The molecule has 1 rings (SSSR count). The van der Waals surface area contributed by atoms with Gasteiger partial charge in [0.1, 0.15) is 0 Å². The van der Waals surface area contributed by atoms with Gasteiger partial charge in [0, 0.05) is 0 Å². The number of halogens is 1. The first-order valence-corrected chi connectivity index (χ1v) is 4.30. The van der Waals surface area contributed by atoms with Crippen LogP contribution in [0, 0.1) is 0 Å². The summed E-state index contributed by atoms with van der Waals surface area (Å²) in [7, 11) is -0.636. The van der Waals surface area contributed by atoms with E-state index in [9.17, 15) is 0 Å². The minimum atomic E-state index is -0.636. The van der Waals surface area contributed by atoms with Crippen LogP contribution in [0.1, 0.15) is 0 Å². The molecule has 0 aliphatic rings. The molecule has 50 valence electrons. The Hall–Kier alpha value is -0.100. The molecule has 0 spiro atoms. The molecule has 0 saturated carbocycles. The fourth-order valence-corrected chi connectivity index (χ4v) is 1.61. The van der Waals surface area contributed by atoms with E-state index < -0.39 is 8.81 Å². The number of benzene rings is 1. The van der Waals surface area contributed by atoms with E-state index in [1.54, 1.807) is 0 Å². The number of hydrogen-bond donors (Lipinski definition) is 0. The third-order valence-corrected chi connectivity index (χ3v) is 2.31. The summed E-state index contributed by atoms with van der Waals surface area (Å²) in [6.07, 6.45) is 0. The predicted octanol–water partition coefficient (Wildman–Crippen LogP) is 1.54. The van der Waals surface area contributed by atoms with Gasteiger partial charge in [-0.1, -0.05) is 0 Å². The van der Waals surface area contributed by atoms with E-state index in [1.807, 2.05) is 30.3 Å². The second-order valence-electron chi connectivity index (χ2n) is 1.74. The van der Waals surface area contributed by atoms with Crippen LogP contribution in [-0.4, -0.2) is 0 Å². The first-order chi connectivity index (χ1) is 4.43. The third kappa shape index (κ3) is 2.31. The first kappa shape index (κ1) is 7.01. The Balaban J connectivity index is 2.61. The van der Waals surface area contributed by atoms with Crippen molar-refractivity contribution in [2.75, 3.05) is 0 Å². The van der Waals surface area contributed by atoms with Gasteiger partial charge in [-0.2, -0.15) is 0 Å². The molecule has 0 atom stereocenters. The Morgan fingerprint density at radius 1 is 1.22 bits per heavy atom. The molecule has 1 aromatic carbocycles. The summed E-state index contributed by atoms with van der Waals surface area (Å²) in [4.78, 5) is 0. The molecule has 0 aliphatic carbocycles. The van der Waals surface area contributed by atoms with Gasteiger partial charge in [-0.05, 0) is 0 Å². The second-order valence-corrected chi connectivity index (χ2v) is 3.72. The minimum absolute atomic E-state index is 0.636. The molecule has 0 N–H and O–H groups in total. The van der Waals surface area contributed by atoms with Gasteiger partial charge >= 0.3 is 60.4 Å². The van der Waals surface area contributed by atoms with Crippen molar-refractivity contribution in [1.82, 2.24) is 0 Å². The van der Waals surface area contributed by atoms with Crippen LogP contribution >= 0.6 is 20.7 Å². The molecule has 9 heavy (non-hydrogen) atoms. The van der Waals surface area contributed by atoms with E-state index in [0.29, 0.717) is 0 Å². The Morgan fingerprint density at radius 2 is 1.89 bits per heavy atom. The van der Waals surface area contributed by atoms with Crippen LogP contribution in [0.3, 0.4) is 0 Å². The van der Waals surface area contributed by atoms with Crippen molar-refractivity contribution < 1.29 is 4.08 Å². The van der Waals surface area contributed by atoms with Crippen LogP contribution in [0.25, 0.3) is 0 Å². The maximum atomic E-state index is 5.10. The molecule has 0 amide bonds. The SMILES string of the molecule is ClO[PH3]c1ccccc1. The topological polar surface area (TPSA) is 9.23 Å². The molecular weight excluding hydrogens is 154 g/mol. The summed E-state index contributed by atoms with van der Waals surface area (Å²) in [6, 6.07) is 9.99. The van der Waals surface area contributed by atoms with Crippen LogP contribution in [0.15, 0.2) is 30.3 Å². The van der Waals surface area contributed by atoms with Gasteiger partial charge in [0.15, 0.2) is 0 Å². The first-order valence-electron chi connectivity index (χ1n) is 2.71. The fraction of sp³-hybridized carbons (Fsp3) is 0. The van der Waals surface area contributed by atoms with Gasteiger partial charge in [0.05, 0.1) is 0 Å². The van der Waals surface area contributed by atoms with E-state index in [1.165, 1.54) is 5.30 Å². The van der Waals surface area contributed by atoms with E-state index in [-0.39, 0.29) is 0 Å². The monoisotopic (exact) mass is 162 g/mol. The van der Waals surface area contributed by atoms with Gasteiger partial charge in [-0.15, -0.1) is 0 Å². The average molecular weight is 163 g/mol. The molecule has 1 aromatic rings. The zero-order valence-electron chi connectivity index (χ0n) is 4.88. The normalized spacial score (nSPS) is 9.89. The Kier molecular flexibility index (Phi) is 2.99. The Morgan fingerprint density at radius 3 is 2.44 bits per heavy atom. The molecule has 0 bridgehead atoms. The summed E-state index contributed by atoms with van der Waals surface area (Å²) in [5.74, 6) is 0. The molecule has 3 heteroatoms. The predicted molar refractivity (Wildman–Crippen MR) is 44.1 cm³/mol. The standard InChI is InChI=1S/C6H8ClOP/c7-8-9-6-4-2-1-3-5-6/h1-5H,9H3. The number of rotatable bonds is 2.